The molecule has 0 fully saturated rings. The first-order chi connectivity index (χ1) is 8.81. The number of para-hydroxylation sites is 1. The van der Waals surface area contributed by atoms with Crippen molar-refractivity contribution in [3.05, 3.63) is 58.3 Å². The molecule has 1 N–H and O–H groups in total. The second-order valence-electron chi connectivity index (χ2n) is 4.16. The predicted molar refractivity (Wildman–Crippen MR) is 71.5 cm³/mol. The van der Waals surface area contributed by atoms with Gasteiger partial charge >= 0.3 is 0 Å². The van der Waals surface area contributed by atoms with Gasteiger partial charge in [-0.2, -0.15) is 0 Å². The number of pyridine rings is 1. The smallest absolute Gasteiger partial charge is 0.203 e. The molecule has 1 aromatic heterocycles. The van der Waals surface area contributed by atoms with Gasteiger partial charge in [-0.3, -0.25) is 9.59 Å². The molecule has 0 amide bonds. The fourth-order valence-electron chi connectivity index (χ4n) is 2.27. The van der Waals surface area contributed by atoms with Crippen LogP contribution in [0.2, 0.25) is 0 Å². The van der Waals surface area contributed by atoms with E-state index in [1.165, 1.54) is 0 Å². The molecule has 3 aromatic rings. The van der Waals surface area contributed by atoms with Crippen molar-refractivity contribution in [3.8, 4) is 0 Å². The Morgan fingerprint density at radius 2 is 1.78 bits per heavy atom. The summed E-state index contributed by atoms with van der Waals surface area (Å²) in [6, 6.07) is 12.8. The molecule has 1 radical (unpaired) electrons. The van der Waals surface area contributed by atoms with Gasteiger partial charge in [0, 0.05) is 22.7 Å². The molecular formula is C15H10NO2. The molecule has 2 aromatic carbocycles. The van der Waals surface area contributed by atoms with E-state index in [1.807, 2.05) is 36.6 Å². The maximum atomic E-state index is 12.4. The summed E-state index contributed by atoms with van der Waals surface area (Å²) >= 11 is 0. The predicted octanol–water partition coefficient (Wildman–Crippen LogP) is 2.33. The molecule has 0 aliphatic carbocycles. The Kier molecular flexibility index (Phi) is 2.45. The summed E-state index contributed by atoms with van der Waals surface area (Å²) < 4.78 is 0. The number of nitrogens with one attached hydrogen (secondary N) is 1. The summed E-state index contributed by atoms with van der Waals surface area (Å²) in [5.74, 6) is 0. The van der Waals surface area contributed by atoms with E-state index in [4.69, 9.17) is 0 Å². The molecule has 0 saturated carbocycles. The van der Waals surface area contributed by atoms with Crippen LogP contribution in [-0.2, 0) is 11.2 Å². The van der Waals surface area contributed by atoms with Crippen LogP contribution in [0.1, 0.15) is 5.56 Å². The maximum absolute atomic E-state index is 12.4. The zero-order chi connectivity index (χ0) is 12.5. The SMILES string of the molecule is O=[C]Cc1cccc2[nH]c3ccccc3c(=O)c12. The van der Waals surface area contributed by atoms with Crippen LogP contribution in [0.4, 0.5) is 0 Å². The van der Waals surface area contributed by atoms with E-state index in [0.717, 1.165) is 16.6 Å². The first kappa shape index (κ1) is 10.7. The molecular weight excluding hydrogens is 226 g/mol. The molecule has 3 nitrogen and oxygen atoms in total. The third kappa shape index (κ3) is 1.52. The molecule has 3 heteroatoms. The summed E-state index contributed by atoms with van der Waals surface area (Å²) in [5.41, 5.74) is 2.24. The highest BCUT2D eigenvalue weighted by Crippen LogP contribution is 2.17. The summed E-state index contributed by atoms with van der Waals surface area (Å²) in [5, 5.41) is 1.22. The minimum atomic E-state index is -0.0369. The van der Waals surface area contributed by atoms with Crippen molar-refractivity contribution in [2.75, 3.05) is 0 Å². The van der Waals surface area contributed by atoms with Crippen LogP contribution in [0.15, 0.2) is 47.3 Å². The van der Waals surface area contributed by atoms with Gasteiger partial charge in [0.05, 0.1) is 5.52 Å². The van der Waals surface area contributed by atoms with Gasteiger partial charge in [0.15, 0.2) is 5.43 Å². The Bertz CT molecular complexity index is 802. The van der Waals surface area contributed by atoms with Crippen molar-refractivity contribution >= 4 is 28.1 Å². The molecule has 0 bridgehead atoms. The van der Waals surface area contributed by atoms with Gasteiger partial charge in [0.1, 0.15) is 0 Å². The highest BCUT2D eigenvalue weighted by molar-refractivity contribution is 5.94. The number of hydrogen-bond donors (Lipinski definition) is 1. The van der Waals surface area contributed by atoms with Crippen LogP contribution in [0.3, 0.4) is 0 Å². The Morgan fingerprint density at radius 1 is 1.00 bits per heavy atom. The van der Waals surface area contributed by atoms with Gasteiger partial charge < -0.3 is 4.98 Å². The van der Waals surface area contributed by atoms with E-state index >= 15 is 0 Å². The minimum absolute atomic E-state index is 0.0369. The average Bonchev–Trinajstić information content (AvgIpc) is 2.39. The van der Waals surface area contributed by atoms with Crippen molar-refractivity contribution in [1.82, 2.24) is 4.98 Å². The molecule has 0 spiro atoms. The lowest BCUT2D eigenvalue weighted by Gasteiger charge is -2.05. The van der Waals surface area contributed by atoms with Gasteiger partial charge in [-0.15, -0.1) is 0 Å². The molecule has 0 aliphatic rings. The number of benzene rings is 2. The van der Waals surface area contributed by atoms with E-state index in [0.29, 0.717) is 10.8 Å². The van der Waals surface area contributed by atoms with Crippen molar-refractivity contribution in [2.45, 2.75) is 6.42 Å². The third-order valence-electron chi connectivity index (χ3n) is 3.08. The van der Waals surface area contributed by atoms with Gasteiger partial charge in [-0.05, 0) is 23.8 Å². The number of aromatic nitrogens is 1. The first-order valence-electron chi connectivity index (χ1n) is 5.69. The van der Waals surface area contributed by atoms with Crippen LogP contribution in [0, 0.1) is 0 Å². The van der Waals surface area contributed by atoms with E-state index in [-0.39, 0.29) is 11.8 Å². The van der Waals surface area contributed by atoms with E-state index in [1.54, 1.807) is 12.1 Å². The minimum Gasteiger partial charge on any atom is -0.354 e. The van der Waals surface area contributed by atoms with Crippen LogP contribution in [0.25, 0.3) is 21.8 Å². The highest BCUT2D eigenvalue weighted by Gasteiger charge is 2.08. The molecule has 0 saturated heterocycles. The van der Waals surface area contributed by atoms with Crippen molar-refractivity contribution in [2.24, 2.45) is 0 Å². The molecule has 87 valence electrons. The maximum Gasteiger partial charge on any atom is 0.203 e. The zero-order valence-electron chi connectivity index (χ0n) is 9.57. The Morgan fingerprint density at radius 3 is 2.61 bits per heavy atom. The van der Waals surface area contributed by atoms with Gasteiger partial charge in [-0.25, -0.2) is 0 Å². The Labute approximate surface area is 103 Å². The molecule has 18 heavy (non-hydrogen) atoms. The van der Waals surface area contributed by atoms with Crippen LogP contribution < -0.4 is 5.43 Å². The van der Waals surface area contributed by atoms with Crippen molar-refractivity contribution < 1.29 is 4.79 Å². The number of hydrogen-bond acceptors (Lipinski definition) is 2. The van der Waals surface area contributed by atoms with E-state index in [2.05, 4.69) is 4.98 Å². The number of carbonyl (C=O) groups excluding carboxylic acids is 1. The van der Waals surface area contributed by atoms with Gasteiger partial charge in [0.25, 0.3) is 0 Å². The lowest BCUT2D eigenvalue weighted by atomic mass is 10.0. The lowest BCUT2D eigenvalue weighted by Crippen LogP contribution is -2.07. The standard InChI is InChI=1S/C15H10NO2/c17-9-8-10-4-3-7-13-14(10)15(18)11-5-1-2-6-12(11)16-13/h1-7H,8H2,(H,16,18). The second-order valence-corrected chi connectivity index (χ2v) is 4.16. The van der Waals surface area contributed by atoms with E-state index < -0.39 is 0 Å². The highest BCUT2D eigenvalue weighted by atomic mass is 16.1. The lowest BCUT2D eigenvalue weighted by molar-refractivity contribution is 0.555. The van der Waals surface area contributed by atoms with Gasteiger partial charge in [0.2, 0.25) is 6.29 Å². The topological polar surface area (TPSA) is 49.9 Å². The summed E-state index contributed by atoms with van der Waals surface area (Å²) in [4.78, 5) is 26.2. The van der Waals surface area contributed by atoms with Gasteiger partial charge in [-0.1, -0.05) is 24.3 Å². The second kappa shape index (κ2) is 4.11. The molecule has 3 rings (SSSR count). The van der Waals surface area contributed by atoms with Crippen LogP contribution in [-0.4, -0.2) is 11.3 Å². The van der Waals surface area contributed by atoms with Crippen LogP contribution >= 0.6 is 0 Å². The Hall–Kier alpha value is -2.42. The molecule has 0 unspecified atom stereocenters. The quantitative estimate of drug-likeness (QED) is 0.694. The number of rotatable bonds is 2. The summed E-state index contributed by atoms with van der Waals surface area (Å²) in [6.07, 6.45) is 1.99. The zero-order valence-corrected chi connectivity index (χ0v) is 9.57. The largest absolute Gasteiger partial charge is 0.354 e. The molecule has 0 aliphatic heterocycles. The molecule has 0 atom stereocenters. The third-order valence-corrected chi connectivity index (χ3v) is 3.08. The summed E-state index contributed by atoms with van der Waals surface area (Å²) in [6.45, 7) is 0. The Balaban J connectivity index is 2.53. The summed E-state index contributed by atoms with van der Waals surface area (Å²) in [7, 11) is 0. The number of H-pyrrole nitrogens is 1. The van der Waals surface area contributed by atoms with Crippen molar-refractivity contribution in [3.63, 3.8) is 0 Å². The average molecular weight is 236 g/mol. The fraction of sp³-hybridized carbons (Fsp3) is 0.0667. The number of fused-ring (bicyclic) bond motifs is 2. The van der Waals surface area contributed by atoms with Crippen molar-refractivity contribution in [1.29, 1.82) is 0 Å². The fourth-order valence-corrected chi connectivity index (χ4v) is 2.27. The normalized spacial score (nSPS) is 10.9. The van der Waals surface area contributed by atoms with E-state index in [9.17, 15) is 9.59 Å². The monoisotopic (exact) mass is 236 g/mol. The van der Waals surface area contributed by atoms with Crippen LogP contribution in [0.5, 0.6) is 0 Å². The molecule has 1 heterocycles. The first-order valence-corrected chi connectivity index (χ1v) is 5.69. The number of aromatic amines is 1.